The lowest BCUT2D eigenvalue weighted by atomic mass is 10.3. The third-order valence-corrected chi connectivity index (χ3v) is 3.92. The first kappa shape index (κ1) is 12.5. The Balaban J connectivity index is 2.28. The van der Waals surface area contributed by atoms with Crippen molar-refractivity contribution in [3.8, 4) is 0 Å². The van der Waals surface area contributed by atoms with Crippen molar-refractivity contribution in [1.29, 1.82) is 0 Å². The van der Waals surface area contributed by atoms with Gasteiger partial charge in [-0.3, -0.25) is 0 Å². The van der Waals surface area contributed by atoms with E-state index in [4.69, 9.17) is 0 Å². The van der Waals surface area contributed by atoms with Crippen molar-refractivity contribution in [2.24, 2.45) is 0 Å². The average molecular weight is 316 g/mol. The summed E-state index contributed by atoms with van der Waals surface area (Å²) in [7, 11) is 0. The van der Waals surface area contributed by atoms with Crippen LogP contribution in [0, 0.1) is 18.6 Å². The van der Waals surface area contributed by atoms with Crippen molar-refractivity contribution in [1.82, 2.24) is 4.98 Å². The highest BCUT2D eigenvalue weighted by Crippen LogP contribution is 2.32. The Labute approximate surface area is 110 Å². The van der Waals surface area contributed by atoms with Gasteiger partial charge in [0.15, 0.2) is 11.6 Å². The summed E-state index contributed by atoms with van der Waals surface area (Å²) in [5, 5.41) is 0.724. The van der Waals surface area contributed by atoms with Crippen LogP contribution < -0.4 is 0 Å². The van der Waals surface area contributed by atoms with Gasteiger partial charge in [0.25, 0.3) is 0 Å². The Morgan fingerprint density at radius 2 is 1.94 bits per heavy atom. The van der Waals surface area contributed by atoms with Gasteiger partial charge in [-0.1, -0.05) is 11.8 Å². The van der Waals surface area contributed by atoms with E-state index in [2.05, 4.69) is 20.9 Å². The molecular weight excluding hydrogens is 308 g/mol. The van der Waals surface area contributed by atoms with E-state index in [0.717, 1.165) is 27.2 Å². The van der Waals surface area contributed by atoms with Gasteiger partial charge >= 0.3 is 0 Å². The maximum Gasteiger partial charge on any atom is 0.159 e. The van der Waals surface area contributed by atoms with Crippen LogP contribution in [-0.4, -0.2) is 4.98 Å². The van der Waals surface area contributed by atoms with E-state index < -0.39 is 11.6 Å². The number of nitrogens with zero attached hydrogens (tertiary/aromatic N) is 1. The first-order valence-electron chi connectivity index (χ1n) is 4.81. The number of pyridine rings is 1. The highest BCUT2D eigenvalue weighted by Gasteiger charge is 2.07. The summed E-state index contributed by atoms with van der Waals surface area (Å²) in [6.07, 6.45) is 1.73. The van der Waals surface area contributed by atoms with E-state index in [0.29, 0.717) is 4.90 Å². The molecule has 5 heteroatoms. The summed E-state index contributed by atoms with van der Waals surface area (Å²) >= 11 is 4.67. The molecule has 0 aliphatic heterocycles. The molecule has 2 aromatic rings. The zero-order valence-corrected chi connectivity index (χ0v) is 11.3. The summed E-state index contributed by atoms with van der Waals surface area (Å²) < 4.78 is 26.6. The van der Waals surface area contributed by atoms with Crippen molar-refractivity contribution in [2.75, 3.05) is 0 Å². The fourth-order valence-corrected chi connectivity index (χ4v) is 2.74. The average Bonchev–Trinajstić information content (AvgIpc) is 2.27. The van der Waals surface area contributed by atoms with E-state index in [9.17, 15) is 8.78 Å². The van der Waals surface area contributed by atoms with E-state index in [1.54, 1.807) is 6.20 Å². The predicted molar refractivity (Wildman–Crippen MR) is 67.2 cm³/mol. The molecule has 2 rings (SSSR count). The molecule has 17 heavy (non-hydrogen) atoms. The van der Waals surface area contributed by atoms with Crippen LogP contribution in [0.5, 0.6) is 0 Å². The second-order valence-electron chi connectivity index (χ2n) is 3.48. The molecule has 1 nitrogen and oxygen atoms in total. The standard InChI is InChI=1S/C12H8BrF2NS/c1-7-4-9(13)12(16-6-7)17-8-2-3-10(14)11(15)5-8/h2-6H,1H3. The van der Waals surface area contributed by atoms with Crippen LogP contribution in [0.4, 0.5) is 8.78 Å². The zero-order chi connectivity index (χ0) is 12.4. The van der Waals surface area contributed by atoms with Crippen molar-refractivity contribution < 1.29 is 8.78 Å². The molecule has 88 valence electrons. The second-order valence-corrected chi connectivity index (χ2v) is 5.39. The Morgan fingerprint density at radius 1 is 1.18 bits per heavy atom. The summed E-state index contributed by atoms with van der Waals surface area (Å²) in [6.45, 7) is 1.93. The maximum atomic E-state index is 13.0. The van der Waals surface area contributed by atoms with Gasteiger partial charge in [0.2, 0.25) is 0 Å². The molecule has 0 spiro atoms. The normalized spacial score (nSPS) is 10.6. The Hall–Kier alpha value is -0.940. The molecule has 0 unspecified atom stereocenters. The highest BCUT2D eigenvalue weighted by molar-refractivity contribution is 9.10. The van der Waals surface area contributed by atoms with E-state index in [1.807, 2.05) is 13.0 Å². The van der Waals surface area contributed by atoms with Gasteiger partial charge in [0.1, 0.15) is 5.03 Å². The maximum absolute atomic E-state index is 13.0. The molecule has 0 saturated carbocycles. The molecule has 0 fully saturated rings. The van der Waals surface area contributed by atoms with Crippen LogP contribution in [0.25, 0.3) is 0 Å². The SMILES string of the molecule is Cc1cnc(Sc2ccc(F)c(F)c2)c(Br)c1. The summed E-state index contributed by atoms with van der Waals surface area (Å²) in [5.74, 6) is -1.69. The van der Waals surface area contributed by atoms with Crippen LogP contribution in [0.2, 0.25) is 0 Å². The van der Waals surface area contributed by atoms with Crippen molar-refractivity contribution in [3.05, 3.63) is 52.1 Å². The van der Waals surface area contributed by atoms with Crippen molar-refractivity contribution in [2.45, 2.75) is 16.8 Å². The molecule has 0 saturated heterocycles. The molecule has 0 radical (unpaired) electrons. The highest BCUT2D eigenvalue weighted by atomic mass is 79.9. The lowest BCUT2D eigenvalue weighted by Crippen LogP contribution is -1.86. The molecule has 0 bridgehead atoms. The number of benzene rings is 1. The van der Waals surface area contributed by atoms with Crippen LogP contribution in [0.1, 0.15) is 5.56 Å². The molecular formula is C12H8BrF2NS. The van der Waals surface area contributed by atoms with Gasteiger partial charge in [0, 0.05) is 11.1 Å². The molecule has 1 heterocycles. The van der Waals surface area contributed by atoms with Gasteiger partial charge in [0.05, 0.1) is 4.47 Å². The number of aryl methyl sites for hydroxylation is 1. The number of halogens is 3. The summed E-state index contributed by atoms with van der Waals surface area (Å²) in [6, 6.07) is 5.72. The fraction of sp³-hybridized carbons (Fsp3) is 0.0833. The van der Waals surface area contributed by atoms with E-state index in [1.165, 1.54) is 17.8 Å². The molecule has 0 aliphatic rings. The van der Waals surface area contributed by atoms with Crippen molar-refractivity contribution >= 4 is 27.7 Å². The quantitative estimate of drug-likeness (QED) is 0.804. The van der Waals surface area contributed by atoms with Gasteiger partial charge < -0.3 is 0 Å². The van der Waals surface area contributed by atoms with Gasteiger partial charge in [-0.05, 0) is 52.7 Å². The minimum absolute atomic E-state index is 0.612. The van der Waals surface area contributed by atoms with Crippen LogP contribution in [0.3, 0.4) is 0 Å². The Morgan fingerprint density at radius 3 is 2.59 bits per heavy atom. The van der Waals surface area contributed by atoms with Gasteiger partial charge in [-0.2, -0.15) is 0 Å². The summed E-state index contributed by atoms with van der Waals surface area (Å²) in [5.41, 5.74) is 1.03. The molecule has 0 atom stereocenters. The van der Waals surface area contributed by atoms with Crippen LogP contribution >= 0.6 is 27.7 Å². The lowest BCUT2D eigenvalue weighted by molar-refractivity contribution is 0.506. The first-order valence-corrected chi connectivity index (χ1v) is 6.42. The lowest BCUT2D eigenvalue weighted by Gasteiger charge is -2.04. The van der Waals surface area contributed by atoms with Gasteiger partial charge in [-0.15, -0.1) is 0 Å². The van der Waals surface area contributed by atoms with E-state index >= 15 is 0 Å². The number of hydrogen-bond donors (Lipinski definition) is 0. The largest absolute Gasteiger partial charge is 0.248 e. The minimum Gasteiger partial charge on any atom is -0.248 e. The molecule has 0 amide bonds. The monoisotopic (exact) mass is 315 g/mol. The minimum atomic E-state index is -0.849. The summed E-state index contributed by atoms with van der Waals surface area (Å²) in [4.78, 5) is 4.84. The second kappa shape index (κ2) is 5.14. The Kier molecular flexibility index (Phi) is 3.79. The number of hydrogen-bond acceptors (Lipinski definition) is 2. The van der Waals surface area contributed by atoms with Gasteiger partial charge in [-0.25, -0.2) is 13.8 Å². The van der Waals surface area contributed by atoms with E-state index in [-0.39, 0.29) is 0 Å². The fourth-order valence-electron chi connectivity index (χ4n) is 1.25. The topological polar surface area (TPSA) is 12.9 Å². The smallest absolute Gasteiger partial charge is 0.159 e. The van der Waals surface area contributed by atoms with Crippen molar-refractivity contribution in [3.63, 3.8) is 0 Å². The third kappa shape index (κ3) is 3.04. The Bertz CT molecular complexity index is 560. The number of aromatic nitrogens is 1. The zero-order valence-electron chi connectivity index (χ0n) is 8.88. The molecule has 1 aromatic carbocycles. The number of rotatable bonds is 2. The molecule has 0 aliphatic carbocycles. The first-order chi connectivity index (χ1) is 8.06. The third-order valence-electron chi connectivity index (χ3n) is 2.05. The molecule has 1 aromatic heterocycles. The van der Waals surface area contributed by atoms with Crippen LogP contribution in [-0.2, 0) is 0 Å². The van der Waals surface area contributed by atoms with Crippen LogP contribution in [0.15, 0.2) is 44.9 Å². The molecule has 0 N–H and O–H groups in total. The predicted octanol–water partition coefficient (Wildman–Crippen LogP) is 4.58.